The Hall–Kier alpha value is -3.37. The van der Waals surface area contributed by atoms with Gasteiger partial charge in [-0.1, -0.05) is 30.3 Å². The lowest BCUT2D eigenvalue weighted by molar-refractivity contribution is -0.112. The van der Waals surface area contributed by atoms with Crippen LogP contribution < -0.4 is 5.32 Å². The SMILES string of the molecule is N#C/C(=C\c1ccc(C#N)cc1)C(=O)Nc1ccccc1. The molecule has 4 heteroatoms. The van der Waals surface area contributed by atoms with Crippen molar-refractivity contribution in [3.05, 3.63) is 71.3 Å². The van der Waals surface area contributed by atoms with Gasteiger partial charge in [-0.15, -0.1) is 0 Å². The predicted octanol–water partition coefficient (Wildman–Crippen LogP) is 3.10. The van der Waals surface area contributed by atoms with Crippen LogP contribution in [0.3, 0.4) is 0 Å². The molecule has 1 amide bonds. The van der Waals surface area contributed by atoms with Crippen molar-refractivity contribution < 1.29 is 4.79 Å². The summed E-state index contributed by atoms with van der Waals surface area (Å²) in [7, 11) is 0. The van der Waals surface area contributed by atoms with Crippen molar-refractivity contribution in [2.45, 2.75) is 0 Å². The maximum absolute atomic E-state index is 12.0. The lowest BCUT2D eigenvalue weighted by atomic mass is 10.1. The Morgan fingerprint density at radius 2 is 1.67 bits per heavy atom. The fourth-order valence-electron chi connectivity index (χ4n) is 1.69. The van der Waals surface area contributed by atoms with Crippen molar-refractivity contribution in [3.63, 3.8) is 0 Å². The molecule has 0 radical (unpaired) electrons. The number of rotatable bonds is 3. The summed E-state index contributed by atoms with van der Waals surface area (Å²) in [5.74, 6) is -0.465. The number of amides is 1. The van der Waals surface area contributed by atoms with E-state index >= 15 is 0 Å². The molecule has 100 valence electrons. The minimum atomic E-state index is -0.465. The zero-order valence-corrected chi connectivity index (χ0v) is 11.1. The number of anilines is 1. The van der Waals surface area contributed by atoms with E-state index in [9.17, 15) is 4.79 Å². The van der Waals surface area contributed by atoms with E-state index in [2.05, 4.69) is 5.32 Å². The first-order valence-corrected chi connectivity index (χ1v) is 6.21. The van der Waals surface area contributed by atoms with E-state index in [4.69, 9.17) is 10.5 Å². The van der Waals surface area contributed by atoms with Crippen LogP contribution in [-0.4, -0.2) is 5.91 Å². The van der Waals surface area contributed by atoms with E-state index in [1.54, 1.807) is 48.5 Å². The van der Waals surface area contributed by atoms with Crippen LogP contribution in [0.1, 0.15) is 11.1 Å². The normalized spacial score (nSPS) is 10.3. The molecule has 2 aromatic rings. The van der Waals surface area contributed by atoms with Gasteiger partial charge in [-0.3, -0.25) is 4.79 Å². The Kier molecular flexibility index (Phi) is 4.48. The number of nitriles is 2. The summed E-state index contributed by atoms with van der Waals surface area (Å²) in [6.07, 6.45) is 1.49. The Morgan fingerprint density at radius 1 is 1.00 bits per heavy atom. The first kappa shape index (κ1) is 14.0. The van der Waals surface area contributed by atoms with Crippen LogP contribution in [0, 0.1) is 22.7 Å². The van der Waals surface area contributed by atoms with Gasteiger partial charge < -0.3 is 5.32 Å². The molecule has 2 aromatic carbocycles. The molecule has 0 fully saturated rings. The smallest absolute Gasteiger partial charge is 0.266 e. The average Bonchev–Trinajstić information content (AvgIpc) is 2.54. The maximum atomic E-state index is 12.0. The molecule has 0 saturated carbocycles. The largest absolute Gasteiger partial charge is 0.321 e. The lowest BCUT2D eigenvalue weighted by Crippen LogP contribution is -2.13. The second-order valence-electron chi connectivity index (χ2n) is 4.22. The van der Waals surface area contributed by atoms with E-state index in [0.29, 0.717) is 16.8 Å². The maximum Gasteiger partial charge on any atom is 0.266 e. The number of para-hydroxylation sites is 1. The summed E-state index contributed by atoms with van der Waals surface area (Å²) in [5, 5.41) is 20.5. The van der Waals surface area contributed by atoms with Crippen molar-refractivity contribution >= 4 is 17.7 Å². The van der Waals surface area contributed by atoms with Crippen LogP contribution in [0.15, 0.2) is 60.2 Å². The third-order valence-corrected chi connectivity index (χ3v) is 2.75. The standard InChI is InChI=1S/C17H11N3O/c18-11-14-8-6-13(7-9-14)10-15(12-19)17(21)20-16-4-2-1-3-5-16/h1-10H,(H,20,21)/b15-10+. The highest BCUT2D eigenvalue weighted by Crippen LogP contribution is 2.11. The zero-order valence-electron chi connectivity index (χ0n) is 11.1. The number of nitrogens with one attached hydrogen (secondary N) is 1. The van der Waals surface area contributed by atoms with Gasteiger partial charge in [0.2, 0.25) is 0 Å². The van der Waals surface area contributed by atoms with Gasteiger partial charge in [-0.05, 0) is 35.9 Å². The predicted molar refractivity (Wildman–Crippen MR) is 79.8 cm³/mol. The Morgan fingerprint density at radius 3 is 2.24 bits per heavy atom. The molecule has 0 bridgehead atoms. The van der Waals surface area contributed by atoms with E-state index in [1.165, 1.54) is 6.08 Å². The summed E-state index contributed by atoms with van der Waals surface area (Å²) >= 11 is 0. The van der Waals surface area contributed by atoms with Crippen molar-refractivity contribution in [2.75, 3.05) is 5.32 Å². The minimum Gasteiger partial charge on any atom is -0.321 e. The molecule has 0 aliphatic carbocycles. The van der Waals surface area contributed by atoms with Crippen molar-refractivity contribution in [3.8, 4) is 12.1 Å². The van der Waals surface area contributed by atoms with Crippen molar-refractivity contribution in [1.82, 2.24) is 0 Å². The third kappa shape index (κ3) is 3.79. The van der Waals surface area contributed by atoms with Crippen molar-refractivity contribution in [1.29, 1.82) is 10.5 Å². The van der Waals surface area contributed by atoms with Crippen LogP contribution in [-0.2, 0) is 4.79 Å². The first-order valence-electron chi connectivity index (χ1n) is 6.21. The second-order valence-corrected chi connectivity index (χ2v) is 4.22. The van der Waals surface area contributed by atoms with Crippen LogP contribution in [0.5, 0.6) is 0 Å². The Balaban J connectivity index is 2.18. The Labute approximate surface area is 122 Å². The molecule has 0 aliphatic heterocycles. The first-order chi connectivity index (χ1) is 10.2. The molecule has 2 rings (SSSR count). The zero-order chi connectivity index (χ0) is 15.1. The van der Waals surface area contributed by atoms with E-state index in [1.807, 2.05) is 18.2 Å². The fraction of sp³-hybridized carbons (Fsp3) is 0. The second kappa shape index (κ2) is 6.70. The monoisotopic (exact) mass is 273 g/mol. The van der Waals surface area contributed by atoms with Crippen LogP contribution in [0.25, 0.3) is 6.08 Å². The molecule has 21 heavy (non-hydrogen) atoms. The highest BCUT2D eigenvalue weighted by atomic mass is 16.1. The number of carbonyl (C=O) groups is 1. The molecule has 0 aromatic heterocycles. The van der Waals surface area contributed by atoms with Gasteiger partial charge in [-0.2, -0.15) is 10.5 Å². The van der Waals surface area contributed by atoms with Crippen LogP contribution in [0.4, 0.5) is 5.69 Å². The van der Waals surface area contributed by atoms with Gasteiger partial charge in [0, 0.05) is 5.69 Å². The topological polar surface area (TPSA) is 76.7 Å². The highest BCUT2D eigenvalue weighted by molar-refractivity contribution is 6.09. The van der Waals surface area contributed by atoms with Crippen LogP contribution in [0.2, 0.25) is 0 Å². The summed E-state index contributed by atoms with van der Waals surface area (Å²) in [4.78, 5) is 12.0. The molecule has 0 heterocycles. The van der Waals surface area contributed by atoms with Crippen molar-refractivity contribution in [2.24, 2.45) is 0 Å². The minimum absolute atomic E-state index is 0.00330. The summed E-state index contributed by atoms with van der Waals surface area (Å²) in [6.45, 7) is 0. The number of hydrogen-bond donors (Lipinski definition) is 1. The molecule has 0 aliphatic rings. The molecule has 0 atom stereocenters. The van der Waals surface area contributed by atoms with Gasteiger partial charge in [0.15, 0.2) is 0 Å². The molecular weight excluding hydrogens is 262 g/mol. The van der Waals surface area contributed by atoms with Gasteiger partial charge >= 0.3 is 0 Å². The fourth-order valence-corrected chi connectivity index (χ4v) is 1.69. The summed E-state index contributed by atoms with van der Waals surface area (Å²) in [5.41, 5.74) is 1.85. The number of nitrogens with zero attached hydrogens (tertiary/aromatic N) is 2. The molecule has 0 spiro atoms. The average molecular weight is 273 g/mol. The van der Waals surface area contributed by atoms with Gasteiger partial charge in [-0.25, -0.2) is 0 Å². The molecule has 0 unspecified atom stereocenters. The summed E-state index contributed by atoms with van der Waals surface area (Å²) < 4.78 is 0. The van der Waals surface area contributed by atoms with E-state index in [0.717, 1.165) is 0 Å². The lowest BCUT2D eigenvalue weighted by Gasteiger charge is -2.03. The van der Waals surface area contributed by atoms with Gasteiger partial charge in [0.1, 0.15) is 11.6 Å². The summed E-state index contributed by atoms with van der Waals surface area (Å²) in [6, 6.07) is 19.5. The van der Waals surface area contributed by atoms with Gasteiger partial charge in [0.05, 0.1) is 11.6 Å². The molecular formula is C17H11N3O. The Bertz CT molecular complexity index is 747. The van der Waals surface area contributed by atoms with Crippen LogP contribution >= 0.6 is 0 Å². The third-order valence-electron chi connectivity index (χ3n) is 2.75. The quantitative estimate of drug-likeness (QED) is 0.689. The number of carbonyl (C=O) groups excluding carboxylic acids is 1. The molecule has 4 nitrogen and oxygen atoms in total. The van der Waals surface area contributed by atoms with E-state index < -0.39 is 5.91 Å². The molecule has 1 N–H and O–H groups in total. The highest BCUT2D eigenvalue weighted by Gasteiger charge is 2.09. The van der Waals surface area contributed by atoms with Gasteiger partial charge in [0.25, 0.3) is 5.91 Å². The number of hydrogen-bond acceptors (Lipinski definition) is 3. The van der Waals surface area contributed by atoms with E-state index in [-0.39, 0.29) is 5.57 Å². The number of benzene rings is 2. The molecule has 0 saturated heterocycles.